The minimum absolute atomic E-state index is 0.0384. The third-order valence-electron chi connectivity index (χ3n) is 3.10. The number of nitriles is 1. The van der Waals surface area contributed by atoms with Gasteiger partial charge < -0.3 is 10.6 Å². The number of anilines is 1. The highest BCUT2D eigenvalue weighted by molar-refractivity contribution is 5.97. The highest BCUT2D eigenvalue weighted by atomic mass is 16.1. The highest BCUT2D eigenvalue weighted by Crippen LogP contribution is 2.09. The Kier molecular flexibility index (Phi) is 5.33. The van der Waals surface area contributed by atoms with Gasteiger partial charge in [-0.05, 0) is 24.6 Å². The van der Waals surface area contributed by atoms with Crippen molar-refractivity contribution in [2.24, 2.45) is 0 Å². The molecule has 2 aromatic carbocycles. The lowest BCUT2D eigenvalue weighted by atomic mass is 10.2. The number of carbonyl (C=O) groups excluding carboxylic acids is 1. The molecule has 0 aromatic heterocycles. The molecule has 0 aliphatic rings. The molecule has 0 saturated carbocycles. The molecule has 0 unspecified atom stereocenters. The minimum Gasteiger partial charge on any atom is -0.360 e. The van der Waals surface area contributed by atoms with Crippen LogP contribution < -0.4 is 10.6 Å². The van der Waals surface area contributed by atoms with Crippen molar-refractivity contribution in [3.63, 3.8) is 0 Å². The molecule has 2 aromatic rings. The normalized spacial score (nSPS) is 10.6. The van der Waals surface area contributed by atoms with Crippen molar-refractivity contribution in [3.8, 4) is 6.07 Å². The Hall–Kier alpha value is -3.06. The van der Waals surface area contributed by atoms with Gasteiger partial charge in [-0.25, -0.2) is 0 Å². The summed E-state index contributed by atoms with van der Waals surface area (Å²) in [6, 6.07) is 19.2. The molecule has 4 heteroatoms. The molecule has 2 rings (SSSR count). The lowest BCUT2D eigenvalue weighted by Crippen LogP contribution is -2.24. The summed E-state index contributed by atoms with van der Waals surface area (Å²) in [6.07, 6.45) is 1.42. The molecule has 22 heavy (non-hydrogen) atoms. The predicted octanol–water partition coefficient (Wildman–Crippen LogP) is 3.13. The number of rotatable bonds is 5. The number of benzene rings is 2. The fourth-order valence-corrected chi connectivity index (χ4v) is 1.83. The van der Waals surface area contributed by atoms with Gasteiger partial charge in [0.2, 0.25) is 0 Å². The average Bonchev–Trinajstić information content (AvgIpc) is 2.56. The van der Waals surface area contributed by atoms with E-state index in [2.05, 4.69) is 10.6 Å². The van der Waals surface area contributed by atoms with Crippen LogP contribution in [0.15, 0.2) is 66.4 Å². The third-order valence-corrected chi connectivity index (χ3v) is 3.10. The van der Waals surface area contributed by atoms with E-state index in [0.717, 1.165) is 16.8 Å². The van der Waals surface area contributed by atoms with Crippen LogP contribution in [0.25, 0.3) is 0 Å². The van der Waals surface area contributed by atoms with E-state index < -0.39 is 5.91 Å². The highest BCUT2D eigenvalue weighted by Gasteiger charge is 2.08. The van der Waals surface area contributed by atoms with E-state index in [4.69, 9.17) is 5.26 Å². The van der Waals surface area contributed by atoms with E-state index in [1.807, 2.05) is 67.6 Å². The van der Waals surface area contributed by atoms with Gasteiger partial charge in [0.05, 0.1) is 0 Å². The number of nitrogens with one attached hydrogen (secondary N) is 2. The van der Waals surface area contributed by atoms with Gasteiger partial charge in [0.25, 0.3) is 5.91 Å². The number of hydrogen-bond donors (Lipinski definition) is 2. The largest absolute Gasteiger partial charge is 0.360 e. The van der Waals surface area contributed by atoms with Crippen LogP contribution in [0.5, 0.6) is 0 Å². The lowest BCUT2D eigenvalue weighted by molar-refractivity contribution is -0.117. The van der Waals surface area contributed by atoms with Gasteiger partial charge in [-0.1, -0.05) is 48.0 Å². The van der Waals surface area contributed by atoms with Crippen LogP contribution in [0.4, 0.5) is 5.69 Å². The van der Waals surface area contributed by atoms with Gasteiger partial charge >= 0.3 is 0 Å². The summed E-state index contributed by atoms with van der Waals surface area (Å²) in [5, 5.41) is 14.8. The SMILES string of the molecule is Cc1ccc(N/C=C(/C#N)C(=O)NCc2ccccc2)cc1. The Bertz CT molecular complexity index is 697. The fraction of sp³-hybridized carbons (Fsp3) is 0.111. The van der Waals surface area contributed by atoms with Gasteiger partial charge in [0, 0.05) is 18.4 Å². The standard InChI is InChI=1S/C18H17N3O/c1-14-7-9-17(10-8-14)20-13-16(11-19)18(22)21-12-15-5-3-2-4-6-15/h2-10,13,20H,12H2,1H3,(H,21,22)/b16-13-. The Morgan fingerprint density at radius 2 is 1.82 bits per heavy atom. The van der Waals surface area contributed by atoms with Gasteiger partial charge in [-0.3, -0.25) is 4.79 Å². The first-order valence-electron chi connectivity index (χ1n) is 6.94. The zero-order valence-electron chi connectivity index (χ0n) is 12.3. The number of hydrogen-bond acceptors (Lipinski definition) is 3. The van der Waals surface area contributed by atoms with Crippen molar-refractivity contribution in [2.75, 3.05) is 5.32 Å². The molecule has 4 nitrogen and oxygen atoms in total. The van der Waals surface area contributed by atoms with Crippen molar-refractivity contribution in [1.82, 2.24) is 5.32 Å². The van der Waals surface area contributed by atoms with E-state index in [9.17, 15) is 4.79 Å². The van der Waals surface area contributed by atoms with Crippen molar-refractivity contribution >= 4 is 11.6 Å². The molecule has 1 amide bonds. The zero-order chi connectivity index (χ0) is 15.8. The van der Waals surface area contributed by atoms with Gasteiger partial charge in [-0.2, -0.15) is 5.26 Å². The second kappa shape index (κ2) is 7.65. The summed E-state index contributed by atoms with van der Waals surface area (Å²) >= 11 is 0. The number of carbonyl (C=O) groups is 1. The topological polar surface area (TPSA) is 64.9 Å². The third kappa shape index (κ3) is 4.50. The number of amides is 1. The van der Waals surface area contributed by atoms with Gasteiger partial charge in [-0.15, -0.1) is 0 Å². The maximum Gasteiger partial charge on any atom is 0.263 e. The molecular weight excluding hydrogens is 274 g/mol. The summed E-state index contributed by atoms with van der Waals surface area (Å²) in [5.41, 5.74) is 3.00. The Labute approximate surface area is 130 Å². The molecule has 0 radical (unpaired) electrons. The monoisotopic (exact) mass is 291 g/mol. The van der Waals surface area contributed by atoms with Crippen molar-refractivity contribution in [3.05, 3.63) is 77.5 Å². The molecule has 110 valence electrons. The Balaban J connectivity index is 1.95. The van der Waals surface area contributed by atoms with Crippen LogP contribution in [0, 0.1) is 18.3 Å². The minimum atomic E-state index is -0.397. The molecule has 0 aliphatic carbocycles. The van der Waals surface area contributed by atoms with E-state index in [-0.39, 0.29) is 5.57 Å². The molecule has 0 spiro atoms. The van der Waals surface area contributed by atoms with Crippen LogP contribution >= 0.6 is 0 Å². The summed E-state index contributed by atoms with van der Waals surface area (Å²) < 4.78 is 0. The van der Waals surface area contributed by atoms with Crippen LogP contribution in [0.2, 0.25) is 0 Å². The molecule has 0 heterocycles. The first-order valence-corrected chi connectivity index (χ1v) is 6.94. The van der Waals surface area contributed by atoms with Crippen molar-refractivity contribution in [2.45, 2.75) is 13.5 Å². The lowest BCUT2D eigenvalue weighted by Gasteiger charge is -2.05. The number of nitrogens with zero attached hydrogens (tertiary/aromatic N) is 1. The molecule has 2 N–H and O–H groups in total. The van der Waals surface area contributed by atoms with Crippen LogP contribution in [0.3, 0.4) is 0 Å². The molecule has 0 bridgehead atoms. The average molecular weight is 291 g/mol. The van der Waals surface area contributed by atoms with Crippen LogP contribution in [0.1, 0.15) is 11.1 Å². The Morgan fingerprint density at radius 3 is 2.45 bits per heavy atom. The van der Waals surface area contributed by atoms with Crippen molar-refractivity contribution in [1.29, 1.82) is 5.26 Å². The summed E-state index contributed by atoms with van der Waals surface area (Å²) in [7, 11) is 0. The molecule has 0 fully saturated rings. The maximum absolute atomic E-state index is 12.0. The molecule has 0 atom stereocenters. The first-order chi connectivity index (χ1) is 10.7. The predicted molar refractivity (Wildman–Crippen MR) is 86.8 cm³/mol. The van der Waals surface area contributed by atoms with Gasteiger partial charge in [0.1, 0.15) is 11.6 Å². The first kappa shape index (κ1) is 15.3. The fourth-order valence-electron chi connectivity index (χ4n) is 1.83. The van der Waals surface area contributed by atoms with E-state index in [1.165, 1.54) is 6.20 Å². The maximum atomic E-state index is 12.0. The second-order valence-corrected chi connectivity index (χ2v) is 4.85. The van der Waals surface area contributed by atoms with E-state index in [1.54, 1.807) is 0 Å². The van der Waals surface area contributed by atoms with Gasteiger partial charge in [0.15, 0.2) is 0 Å². The summed E-state index contributed by atoms with van der Waals surface area (Å²) in [4.78, 5) is 12.0. The second-order valence-electron chi connectivity index (χ2n) is 4.85. The zero-order valence-corrected chi connectivity index (χ0v) is 12.3. The molecular formula is C18H17N3O. The van der Waals surface area contributed by atoms with E-state index in [0.29, 0.717) is 6.54 Å². The van der Waals surface area contributed by atoms with Crippen molar-refractivity contribution < 1.29 is 4.79 Å². The Morgan fingerprint density at radius 1 is 1.14 bits per heavy atom. The molecule has 0 saturated heterocycles. The van der Waals surface area contributed by atoms with Crippen LogP contribution in [-0.2, 0) is 11.3 Å². The summed E-state index contributed by atoms with van der Waals surface area (Å²) in [5.74, 6) is -0.397. The van der Waals surface area contributed by atoms with Crippen LogP contribution in [-0.4, -0.2) is 5.91 Å². The molecule has 0 aliphatic heterocycles. The smallest absolute Gasteiger partial charge is 0.263 e. The summed E-state index contributed by atoms with van der Waals surface area (Å²) in [6.45, 7) is 2.39. The number of aryl methyl sites for hydroxylation is 1. The quantitative estimate of drug-likeness (QED) is 0.657. The van der Waals surface area contributed by atoms with E-state index >= 15 is 0 Å².